The van der Waals surface area contributed by atoms with Crippen LogP contribution in [0.15, 0.2) is 60.7 Å². The highest BCUT2D eigenvalue weighted by molar-refractivity contribution is 6.30. The van der Waals surface area contributed by atoms with Crippen LogP contribution in [-0.4, -0.2) is 62.1 Å². The molecule has 1 saturated heterocycles. The van der Waals surface area contributed by atoms with Crippen molar-refractivity contribution in [3.63, 3.8) is 0 Å². The molecule has 0 radical (unpaired) electrons. The van der Waals surface area contributed by atoms with Crippen molar-refractivity contribution < 1.29 is 14.3 Å². The molecular weight excluding hydrogens is 546 g/mol. The minimum atomic E-state index is -0.322. The van der Waals surface area contributed by atoms with E-state index in [-0.39, 0.29) is 18.1 Å². The summed E-state index contributed by atoms with van der Waals surface area (Å²) < 4.78 is 12.0. The van der Waals surface area contributed by atoms with E-state index in [1.54, 1.807) is 7.11 Å². The minimum Gasteiger partial charge on any atom is -0.493 e. The molecule has 0 aliphatic carbocycles. The Morgan fingerprint density at radius 3 is 2.24 bits per heavy atom. The fourth-order valence-corrected chi connectivity index (χ4v) is 6.41. The van der Waals surface area contributed by atoms with Gasteiger partial charge in [-0.3, -0.25) is 9.69 Å². The second kappa shape index (κ2) is 13.1. The molecule has 3 atom stereocenters. The highest BCUT2D eigenvalue weighted by Crippen LogP contribution is 2.44. The monoisotopic (exact) mass is 589 g/mol. The first-order chi connectivity index (χ1) is 20.2. The number of rotatable bonds is 9. The number of likely N-dealkylation sites (tertiary alicyclic amines) is 1. The molecule has 0 spiro atoms. The number of nitrogens with zero attached hydrogens (tertiary/aromatic N) is 3. The van der Waals surface area contributed by atoms with Gasteiger partial charge in [-0.15, -0.1) is 0 Å². The van der Waals surface area contributed by atoms with Crippen LogP contribution in [-0.2, 0) is 11.2 Å². The number of piperidine rings is 1. The second-order valence-electron chi connectivity index (χ2n) is 11.9. The normalized spacial score (nSPS) is 19.5. The topological polar surface area (TPSA) is 45.3 Å². The summed E-state index contributed by atoms with van der Waals surface area (Å²) in [7, 11) is 6.00. The second-order valence-corrected chi connectivity index (χ2v) is 12.4. The lowest BCUT2D eigenvalue weighted by atomic mass is 9.86. The largest absolute Gasteiger partial charge is 0.493 e. The highest BCUT2D eigenvalue weighted by Gasteiger charge is 2.36. The summed E-state index contributed by atoms with van der Waals surface area (Å²) in [5.41, 5.74) is 5.14. The van der Waals surface area contributed by atoms with Crippen molar-refractivity contribution in [3.8, 4) is 11.5 Å². The molecule has 0 aromatic heterocycles. The minimum absolute atomic E-state index is 0.0375. The Morgan fingerprint density at radius 2 is 1.64 bits per heavy atom. The van der Waals surface area contributed by atoms with Crippen molar-refractivity contribution in [2.75, 3.05) is 39.2 Å². The number of carbonyl (C=O) groups excluding carboxylic acids is 1. The van der Waals surface area contributed by atoms with Crippen LogP contribution >= 0.6 is 11.6 Å². The van der Waals surface area contributed by atoms with E-state index in [1.807, 2.05) is 35.2 Å². The fourth-order valence-electron chi connectivity index (χ4n) is 6.29. The molecule has 0 saturated carbocycles. The van der Waals surface area contributed by atoms with Gasteiger partial charge >= 0.3 is 0 Å². The molecule has 0 unspecified atom stereocenters. The summed E-state index contributed by atoms with van der Waals surface area (Å²) in [4.78, 5) is 20.7. The average molecular weight is 590 g/mol. The first-order valence-corrected chi connectivity index (χ1v) is 15.5. The van der Waals surface area contributed by atoms with Gasteiger partial charge in [0.25, 0.3) is 0 Å². The summed E-state index contributed by atoms with van der Waals surface area (Å²) in [5, 5.41) is 0.663. The van der Waals surface area contributed by atoms with E-state index < -0.39 is 0 Å². The van der Waals surface area contributed by atoms with Gasteiger partial charge in [0.2, 0.25) is 5.91 Å². The molecule has 6 nitrogen and oxygen atoms in total. The Bertz CT molecular complexity index is 1370. The first-order valence-electron chi connectivity index (χ1n) is 15.2. The van der Waals surface area contributed by atoms with Crippen LogP contribution in [0.25, 0.3) is 0 Å². The third-order valence-electron chi connectivity index (χ3n) is 9.11. The first kappa shape index (κ1) is 30.4. The average Bonchev–Trinajstić information content (AvgIpc) is 3.00. The molecule has 2 heterocycles. The van der Waals surface area contributed by atoms with Gasteiger partial charge in [0.15, 0.2) is 11.5 Å². The number of hydrogen-bond donors (Lipinski definition) is 0. The molecule has 224 valence electrons. The maximum Gasteiger partial charge on any atom is 0.232 e. The van der Waals surface area contributed by atoms with Gasteiger partial charge in [-0.2, -0.15) is 0 Å². The molecule has 7 heteroatoms. The van der Waals surface area contributed by atoms with Crippen LogP contribution in [0.2, 0.25) is 5.02 Å². The van der Waals surface area contributed by atoms with Crippen LogP contribution in [0, 0.1) is 0 Å². The molecule has 0 N–H and O–H groups in total. The van der Waals surface area contributed by atoms with Crippen LogP contribution in [0.1, 0.15) is 74.4 Å². The molecule has 1 fully saturated rings. The van der Waals surface area contributed by atoms with Crippen LogP contribution in [0.4, 0.5) is 5.69 Å². The van der Waals surface area contributed by atoms with Gasteiger partial charge in [-0.25, -0.2) is 0 Å². The summed E-state index contributed by atoms with van der Waals surface area (Å²) >= 11 is 6.28. The number of hydrogen-bond acceptors (Lipinski definition) is 5. The van der Waals surface area contributed by atoms with Crippen molar-refractivity contribution in [1.82, 2.24) is 9.80 Å². The molecule has 2 aliphatic heterocycles. The maximum atomic E-state index is 13.9. The molecule has 3 aromatic carbocycles. The van der Waals surface area contributed by atoms with Crippen molar-refractivity contribution in [2.45, 2.75) is 70.7 Å². The Hall–Kier alpha value is -3.06. The van der Waals surface area contributed by atoms with Gasteiger partial charge in [0.05, 0.1) is 25.7 Å². The number of carbonyl (C=O) groups is 1. The standard InChI is InChI=1S/C35H44ClN3O3/c1-7-23(2)42-33-22-31-27(20-32(33)41-6)21-34(40)39(35(31)26-8-12-28(36)13-9-26)30-14-10-25(11-15-30)24(3)38-18-16-29(17-19-38)37(4)5/h8-15,20,22-24,29,35H,7,16-19,21H2,1-6H3/t23-,24+,35-/m1/s1. The molecule has 1 amide bonds. The maximum absolute atomic E-state index is 13.9. The Morgan fingerprint density at radius 1 is 0.976 bits per heavy atom. The summed E-state index contributed by atoms with van der Waals surface area (Å²) in [6.07, 6.45) is 3.58. The van der Waals surface area contributed by atoms with E-state index >= 15 is 0 Å². The zero-order valence-corrected chi connectivity index (χ0v) is 26.5. The number of fused-ring (bicyclic) bond motifs is 1. The van der Waals surface area contributed by atoms with Gasteiger partial charge in [0.1, 0.15) is 0 Å². The van der Waals surface area contributed by atoms with Crippen LogP contribution in [0.3, 0.4) is 0 Å². The van der Waals surface area contributed by atoms with E-state index in [4.69, 9.17) is 21.1 Å². The van der Waals surface area contributed by atoms with Crippen molar-refractivity contribution in [1.29, 1.82) is 0 Å². The lowest BCUT2D eigenvalue weighted by molar-refractivity contribution is -0.118. The third kappa shape index (κ3) is 6.31. The number of halogens is 1. The van der Waals surface area contributed by atoms with Gasteiger partial charge < -0.3 is 19.3 Å². The van der Waals surface area contributed by atoms with Gasteiger partial charge in [-0.05, 0) is 106 Å². The van der Waals surface area contributed by atoms with Crippen molar-refractivity contribution in [3.05, 3.63) is 87.9 Å². The predicted molar refractivity (Wildman–Crippen MR) is 171 cm³/mol. The number of benzene rings is 3. The third-order valence-corrected chi connectivity index (χ3v) is 9.36. The summed E-state index contributed by atoms with van der Waals surface area (Å²) in [5.74, 6) is 1.39. The van der Waals surface area contributed by atoms with E-state index in [0.717, 1.165) is 41.9 Å². The van der Waals surface area contributed by atoms with E-state index in [9.17, 15) is 4.79 Å². The zero-order chi connectivity index (χ0) is 30.0. The molecule has 42 heavy (non-hydrogen) atoms. The van der Waals surface area contributed by atoms with E-state index in [1.165, 1.54) is 18.4 Å². The van der Waals surface area contributed by atoms with Crippen LogP contribution in [0.5, 0.6) is 11.5 Å². The summed E-state index contributed by atoms with van der Waals surface area (Å²) in [6.45, 7) is 8.63. The van der Waals surface area contributed by atoms with Crippen molar-refractivity contribution >= 4 is 23.2 Å². The SMILES string of the molecule is CC[C@@H](C)Oc1cc2c(cc1OC)CC(=O)N(c1ccc([C@H](C)N3CCC(N(C)C)CC3)cc1)[C@@H]2c1ccc(Cl)cc1. The number of ether oxygens (including phenoxy) is 2. The predicted octanol–water partition coefficient (Wildman–Crippen LogP) is 7.29. The number of amides is 1. The lowest BCUT2D eigenvalue weighted by Crippen LogP contribution is -2.42. The molecule has 3 aromatic rings. The molecule has 0 bridgehead atoms. The smallest absolute Gasteiger partial charge is 0.232 e. The van der Waals surface area contributed by atoms with E-state index in [0.29, 0.717) is 35.0 Å². The number of anilines is 1. The number of methoxy groups -OCH3 is 1. The molecule has 5 rings (SSSR count). The summed E-state index contributed by atoms with van der Waals surface area (Å²) in [6, 6.07) is 21.1. The van der Waals surface area contributed by atoms with Crippen LogP contribution < -0.4 is 14.4 Å². The lowest BCUT2D eigenvalue weighted by Gasteiger charge is -2.39. The van der Waals surface area contributed by atoms with Crippen molar-refractivity contribution in [2.24, 2.45) is 0 Å². The zero-order valence-electron chi connectivity index (χ0n) is 25.8. The van der Waals surface area contributed by atoms with E-state index in [2.05, 4.69) is 75.0 Å². The van der Waals surface area contributed by atoms with Gasteiger partial charge in [0, 0.05) is 35.9 Å². The quantitative estimate of drug-likeness (QED) is 0.262. The van der Waals surface area contributed by atoms with Gasteiger partial charge in [-0.1, -0.05) is 42.8 Å². The molecule has 2 aliphatic rings. The molecular formula is C35H44ClN3O3. The Labute approximate surface area is 256 Å². The Kier molecular flexibility index (Phi) is 9.46. The highest BCUT2D eigenvalue weighted by atomic mass is 35.5. The fraction of sp³-hybridized carbons (Fsp3) is 0.457. The Balaban J connectivity index is 1.49.